The highest BCUT2D eigenvalue weighted by Gasteiger charge is 2.23. The summed E-state index contributed by atoms with van der Waals surface area (Å²) in [6.45, 7) is 6.16. The minimum Gasteiger partial charge on any atom is -0.496 e. The summed E-state index contributed by atoms with van der Waals surface area (Å²) in [6, 6.07) is 8.06. The zero-order valence-electron chi connectivity index (χ0n) is 11.9. The molecule has 0 radical (unpaired) electrons. The first-order valence-corrected chi connectivity index (χ1v) is 6.46. The van der Waals surface area contributed by atoms with E-state index in [1.807, 2.05) is 18.2 Å². The van der Waals surface area contributed by atoms with Gasteiger partial charge in [-0.15, -0.1) is 0 Å². The van der Waals surface area contributed by atoms with Crippen molar-refractivity contribution >= 4 is 0 Å². The molecule has 0 fully saturated rings. The summed E-state index contributed by atoms with van der Waals surface area (Å²) >= 11 is 0. The van der Waals surface area contributed by atoms with Crippen LogP contribution in [0.5, 0.6) is 5.75 Å². The molecule has 0 aliphatic heterocycles. The van der Waals surface area contributed by atoms with E-state index in [9.17, 15) is 5.11 Å². The van der Waals surface area contributed by atoms with Gasteiger partial charge in [0.25, 0.3) is 0 Å². The van der Waals surface area contributed by atoms with Gasteiger partial charge >= 0.3 is 0 Å². The third-order valence-electron chi connectivity index (χ3n) is 3.52. The average Bonchev–Trinajstić information content (AvgIpc) is 2.39. The first-order chi connectivity index (χ1) is 8.54. The van der Waals surface area contributed by atoms with Crippen LogP contribution in [0.4, 0.5) is 0 Å². The molecule has 18 heavy (non-hydrogen) atoms. The summed E-state index contributed by atoms with van der Waals surface area (Å²) < 4.78 is 5.35. The topological polar surface area (TPSA) is 32.7 Å². The van der Waals surface area contributed by atoms with Gasteiger partial charge in [0.05, 0.1) is 7.11 Å². The largest absolute Gasteiger partial charge is 0.496 e. The monoisotopic (exact) mass is 251 g/mol. The van der Waals surface area contributed by atoms with Crippen molar-refractivity contribution in [3.8, 4) is 5.75 Å². The summed E-state index contributed by atoms with van der Waals surface area (Å²) in [6.07, 6.45) is 0.972. The predicted octanol–water partition coefficient (Wildman–Crippen LogP) is 2.54. The van der Waals surface area contributed by atoms with Crippen LogP contribution in [0.3, 0.4) is 0 Å². The molecule has 1 unspecified atom stereocenters. The van der Waals surface area contributed by atoms with Crippen LogP contribution in [0.2, 0.25) is 0 Å². The molecule has 0 aromatic heterocycles. The molecule has 0 spiro atoms. The number of aliphatic hydroxyl groups excluding tert-OH is 1. The van der Waals surface area contributed by atoms with Crippen LogP contribution >= 0.6 is 0 Å². The number of aliphatic hydroxyl groups is 1. The fourth-order valence-corrected chi connectivity index (χ4v) is 2.11. The second-order valence-corrected chi connectivity index (χ2v) is 5.31. The zero-order valence-corrected chi connectivity index (χ0v) is 11.9. The lowest BCUT2D eigenvalue weighted by molar-refractivity contribution is 0.0927. The van der Waals surface area contributed by atoms with Crippen LogP contribution in [0.15, 0.2) is 24.3 Å². The van der Waals surface area contributed by atoms with Crippen molar-refractivity contribution < 1.29 is 9.84 Å². The van der Waals surface area contributed by atoms with Gasteiger partial charge in [-0.2, -0.15) is 0 Å². The molecule has 1 aromatic carbocycles. The number of para-hydroxylation sites is 1. The summed E-state index contributed by atoms with van der Waals surface area (Å²) in [7, 11) is 3.78. The number of benzene rings is 1. The Morgan fingerprint density at radius 1 is 1.33 bits per heavy atom. The van der Waals surface area contributed by atoms with E-state index in [2.05, 4.69) is 31.9 Å². The van der Waals surface area contributed by atoms with Crippen molar-refractivity contribution in [2.24, 2.45) is 5.41 Å². The number of hydrogen-bond acceptors (Lipinski definition) is 3. The maximum Gasteiger partial charge on any atom is 0.123 e. The smallest absolute Gasteiger partial charge is 0.123 e. The van der Waals surface area contributed by atoms with Crippen LogP contribution in [0.1, 0.15) is 25.8 Å². The third kappa shape index (κ3) is 4.00. The second-order valence-electron chi connectivity index (χ2n) is 5.31. The number of ether oxygens (including phenoxy) is 1. The predicted molar refractivity (Wildman–Crippen MR) is 74.8 cm³/mol. The Morgan fingerprint density at radius 2 is 2.00 bits per heavy atom. The number of hydrogen-bond donors (Lipinski definition) is 1. The molecule has 3 heteroatoms. The molecule has 0 saturated heterocycles. The summed E-state index contributed by atoms with van der Waals surface area (Å²) in [5.74, 6) is 0.923. The Kier molecular flexibility index (Phi) is 5.63. The highest BCUT2D eigenvalue weighted by atomic mass is 16.5. The van der Waals surface area contributed by atoms with Crippen LogP contribution < -0.4 is 4.74 Å². The molecule has 1 aromatic rings. The van der Waals surface area contributed by atoms with E-state index in [1.165, 1.54) is 5.56 Å². The van der Waals surface area contributed by atoms with Gasteiger partial charge in [0, 0.05) is 30.7 Å². The second kappa shape index (κ2) is 6.76. The Labute approximate surface area is 110 Å². The van der Waals surface area contributed by atoms with E-state index in [0.29, 0.717) is 0 Å². The maximum absolute atomic E-state index is 9.45. The van der Waals surface area contributed by atoms with Crippen molar-refractivity contribution in [3.05, 3.63) is 29.8 Å². The molecule has 0 aliphatic carbocycles. The maximum atomic E-state index is 9.45. The molecule has 0 saturated carbocycles. The number of nitrogens with zero attached hydrogens (tertiary/aromatic N) is 1. The van der Waals surface area contributed by atoms with Crippen molar-refractivity contribution in [1.29, 1.82) is 0 Å². The number of rotatable bonds is 7. The fraction of sp³-hybridized carbons (Fsp3) is 0.600. The quantitative estimate of drug-likeness (QED) is 0.808. The molecule has 1 rings (SSSR count). The Balaban J connectivity index is 2.67. The van der Waals surface area contributed by atoms with Crippen molar-refractivity contribution in [3.63, 3.8) is 0 Å². The van der Waals surface area contributed by atoms with E-state index in [0.717, 1.165) is 25.3 Å². The molecule has 1 atom stereocenters. The van der Waals surface area contributed by atoms with Gasteiger partial charge < -0.3 is 14.7 Å². The van der Waals surface area contributed by atoms with Crippen molar-refractivity contribution in [1.82, 2.24) is 4.90 Å². The molecule has 0 heterocycles. The van der Waals surface area contributed by atoms with Crippen LogP contribution in [-0.2, 0) is 6.54 Å². The molecule has 3 nitrogen and oxygen atoms in total. The van der Waals surface area contributed by atoms with E-state index >= 15 is 0 Å². The lowest BCUT2D eigenvalue weighted by Gasteiger charge is -2.31. The number of methoxy groups -OCH3 is 1. The Hall–Kier alpha value is -1.06. The third-order valence-corrected chi connectivity index (χ3v) is 3.52. The van der Waals surface area contributed by atoms with Gasteiger partial charge in [0.15, 0.2) is 0 Å². The van der Waals surface area contributed by atoms with Gasteiger partial charge in [-0.25, -0.2) is 0 Å². The van der Waals surface area contributed by atoms with Gasteiger partial charge in [-0.05, 0) is 19.5 Å². The first kappa shape index (κ1) is 15.0. The van der Waals surface area contributed by atoms with E-state index in [1.54, 1.807) is 7.11 Å². The van der Waals surface area contributed by atoms with Crippen LogP contribution in [-0.4, -0.2) is 37.3 Å². The van der Waals surface area contributed by atoms with E-state index in [4.69, 9.17) is 4.74 Å². The molecule has 0 aliphatic rings. The molecular weight excluding hydrogens is 226 g/mol. The fourth-order valence-electron chi connectivity index (χ4n) is 2.11. The van der Waals surface area contributed by atoms with Crippen molar-refractivity contribution in [2.45, 2.75) is 26.8 Å². The molecular formula is C15H25NO2. The first-order valence-electron chi connectivity index (χ1n) is 6.46. The minimum absolute atomic E-state index is 0.0310. The van der Waals surface area contributed by atoms with Gasteiger partial charge in [-0.3, -0.25) is 0 Å². The standard InChI is InChI=1S/C15H25NO2/c1-5-15(2,12-17)11-16(3)10-13-8-6-7-9-14(13)18-4/h6-9,17H,5,10-12H2,1-4H3. The molecule has 0 amide bonds. The Morgan fingerprint density at radius 3 is 2.56 bits per heavy atom. The highest BCUT2D eigenvalue weighted by Crippen LogP contribution is 2.24. The van der Waals surface area contributed by atoms with Gasteiger partial charge in [-0.1, -0.05) is 32.0 Å². The van der Waals surface area contributed by atoms with Gasteiger partial charge in [0.2, 0.25) is 0 Å². The summed E-state index contributed by atoms with van der Waals surface area (Å²) in [5.41, 5.74) is 1.15. The summed E-state index contributed by atoms with van der Waals surface area (Å²) in [5, 5.41) is 9.45. The Bertz CT molecular complexity index is 361. The normalized spacial score (nSPS) is 14.6. The van der Waals surface area contributed by atoms with Crippen LogP contribution in [0.25, 0.3) is 0 Å². The van der Waals surface area contributed by atoms with Gasteiger partial charge in [0.1, 0.15) is 5.75 Å². The van der Waals surface area contributed by atoms with Crippen molar-refractivity contribution in [2.75, 3.05) is 27.3 Å². The molecule has 0 bridgehead atoms. The molecule has 1 N–H and O–H groups in total. The highest BCUT2D eigenvalue weighted by molar-refractivity contribution is 5.33. The van der Waals surface area contributed by atoms with Crippen LogP contribution in [0, 0.1) is 5.41 Å². The molecule has 102 valence electrons. The van der Waals surface area contributed by atoms with E-state index < -0.39 is 0 Å². The lowest BCUT2D eigenvalue weighted by atomic mass is 9.88. The summed E-state index contributed by atoms with van der Waals surface area (Å²) in [4.78, 5) is 2.23. The SMILES string of the molecule is CCC(C)(CO)CN(C)Cc1ccccc1OC. The minimum atomic E-state index is -0.0310. The lowest BCUT2D eigenvalue weighted by Crippen LogP contribution is -2.35. The van der Waals surface area contributed by atoms with E-state index in [-0.39, 0.29) is 12.0 Å². The average molecular weight is 251 g/mol. The zero-order chi connectivity index (χ0) is 13.6.